The second-order valence-electron chi connectivity index (χ2n) is 4.47. The van der Waals surface area contributed by atoms with Gasteiger partial charge in [-0.1, -0.05) is 6.92 Å². The van der Waals surface area contributed by atoms with E-state index in [2.05, 4.69) is 20.8 Å². The summed E-state index contributed by atoms with van der Waals surface area (Å²) < 4.78 is 4.86. The van der Waals surface area contributed by atoms with Crippen LogP contribution in [0.2, 0.25) is 0 Å². The van der Waals surface area contributed by atoms with Crippen LogP contribution in [0.3, 0.4) is 0 Å². The van der Waals surface area contributed by atoms with E-state index in [9.17, 15) is 9.59 Å². The van der Waals surface area contributed by atoms with Crippen molar-refractivity contribution in [3.63, 3.8) is 0 Å². The lowest BCUT2D eigenvalue weighted by molar-refractivity contribution is -0.125. The molecule has 2 rings (SSSR count). The second-order valence-corrected chi connectivity index (χ2v) is 4.47. The molecule has 1 fully saturated rings. The fourth-order valence-corrected chi connectivity index (χ4v) is 1.93. The van der Waals surface area contributed by atoms with Gasteiger partial charge in [-0.15, -0.1) is 10.2 Å². The molecule has 2 atom stereocenters. The average Bonchev–Trinajstić information content (AvgIpc) is 2.43. The molecule has 2 N–H and O–H groups in total. The van der Waals surface area contributed by atoms with Gasteiger partial charge in [0.1, 0.15) is 6.04 Å². The SMILES string of the molecule is COc1ccc(C(=O)N[C@H]2C(=O)NCC[C@@H]2C)nn1. The molecule has 0 bridgehead atoms. The molecule has 102 valence electrons. The maximum absolute atomic E-state index is 12.0. The highest BCUT2D eigenvalue weighted by molar-refractivity contribution is 5.96. The Labute approximate surface area is 110 Å². The Hall–Kier alpha value is -2.18. The van der Waals surface area contributed by atoms with Gasteiger partial charge >= 0.3 is 0 Å². The van der Waals surface area contributed by atoms with Crippen LogP contribution in [-0.2, 0) is 4.79 Å². The van der Waals surface area contributed by atoms with Crippen molar-refractivity contribution in [2.24, 2.45) is 5.92 Å². The second kappa shape index (κ2) is 5.64. The van der Waals surface area contributed by atoms with E-state index in [-0.39, 0.29) is 17.5 Å². The third-order valence-corrected chi connectivity index (χ3v) is 3.12. The zero-order valence-electron chi connectivity index (χ0n) is 10.8. The summed E-state index contributed by atoms with van der Waals surface area (Å²) in [6.07, 6.45) is 0.838. The quantitative estimate of drug-likeness (QED) is 0.784. The Morgan fingerprint density at radius 3 is 2.84 bits per heavy atom. The predicted molar refractivity (Wildman–Crippen MR) is 66.6 cm³/mol. The zero-order valence-corrected chi connectivity index (χ0v) is 10.8. The largest absolute Gasteiger partial charge is 0.480 e. The maximum atomic E-state index is 12.0. The van der Waals surface area contributed by atoms with E-state index in [1.165, 1.54) is 13.2 Å². The molecule has 0 unspecified atom stereocenters. The molecule has 1 saturated heterocycles. The Kier molecular flexibility index (Phi) is 3.94. The van der Waals surface area contributed by atoms with Gasteiger partial charge in [-0.3, -0.25) is 9.59 Å². The number of aromatic nitrogens is 2. The fourth-order valence-electron chi connectivity index (χ4n) is 1.93. The normalized spacial score (nSPS) is 22.5. The van der Waals surface area contributed by atoms with Crippen molar-refractivity contribution in [2.75, 3.05) is 13.7 Å². The van der Waals surface area contributed by atoms with E-state index in [4.69, 9.17) is 4.74 Å². The van der Waals surface area contributed by atoms with Crippen molar-refractivity contribution in [2.45, 2.75) is 19.4 Å². The first-order valence-electron chi connectivity index (χ1n) is 6.08. The third kappa shape index (κ3) is 2.98. The summed E-state index contributed by atoms with van der Waals surface area (Å²) in [6, 6.07) is 2.53. The number of carbonyl (C=O) groups is 2. The summed E-state index contributed by atoms with van der Waals surface area (Å²) in [5, 5.41) is 12.9. The highest BCUT2D eigenvalue weighted by Gasteiger charge is 2.30. The predicted octanol–water partition coefficient (Wildman–Crippen LogP) is -0.260. The third-order valence-electron chi connectivity index (χ3n) is 3.12. The Bertz CT molecular complexity index is 474. The van der Waals surface area contributed by atoms with Crippen LogP contribution >= 0.6 is 0 Å². The standard InChI is InChI=1S/C12H16N4O3/c1-7-5-6-13-12(18)10(7)14-11(17)8-3-4-9(19-2)16-15-8/h3-4,7,10H,5-6H2,1-2H3,(H,13,18)(H,14,17)/t7-,10+/m0/s1. The van der Waals surface area contributed by atoms with Crippen molar-refractivity contribution in [3.8, 4) is 5.88 Å². The summed E-state index contributed by atoms with van der Waals surface area (Å²) in [4.78, 5) is 23.7. The van der Waals surface area contributed by atoms with Gasteiger partial charge in [0, 0.05) is 12.6 Å². The van der Waals surface area contributed by atoms with Crippen molar-refractivity contribution in [1.29, 1.82) is 0 Å². The van der Waals surface area contributed by atoms with Crippen LogP contribution in [0.1, 0.15) is 23.8 Å². The van der Waals surface area contributed by atoms with Gasteiger partial charge in [0.05, 0.1) is 7.11 Å². The maximum Gasteiger partial charge on any atom is 0.272 e. The molecular formula is C12H16N4O3. The van der Waals surface area contributed by atoms with Crippen LogP contribution in [0.25, 0.3) is 0 Å². The van der Waals surface area contributed by atoms with Crippen LogP contribution in [0.5, 0.6) is 5.88 Å². The molecule has 1 aliphatic rings. The number of ether oxygens (including phenoxy) is 1. The summed E-state index contributed by atoms with van der Waals surface area (Å²) >= 11 is 0. The minimum atomic E-state index is -0.523. The minimum absolute atomic E-state index is 0.101. The molecule has 1 aliphatic heterocycles. The van der Waals surface area contributed by atoms with Gasteiger partial charge in [-0.2, -0.15) is 0 Å². The van der Waals surface area contributed by atoms with E-state index in [0.717, 1.165) is 6.42 Å². The van der Waals surface area contributed by atoms with Crippen molar-refractivity contribution in [3.05, 3.63) is 17.8 Å². The molecule has 0 aliphatic carbocycles. The number of piperidine rings is 1. The van der Waals surface area contributed by atoms with E-state index >= 15 is 0 Å². The lowest BCUT2D eigenvalue weighted by atomic mass is 9.94. The first kappa shape index (κ1) is 13.3. The topological polar surface area (TPSA) is 93.2 Å². The molecule has 19 heavy (non-hydrogen) atoms. The number of hydrogen-bond acceptors (Lipinski definition) is 5. The molecule has 1 aromatic rings. The molecular weight excluding hydrogens is 248 g/mol. The Balaban J connectivity index is 2.05. The van der Waals surface area contributed by atoms with Gasteiger partial charge in [-0.05, 0) is 18.4 Å². The molecule has 2 heterocycles. The lowest BCUT2D eigenvalue weighted by Crippen LogP contribution is -2.54. The van der Waals surface area contributed by atoms with Crippen molar-refractivity contribution < 1.29 is 14.3 Å². The number of carbonyl (C=O) groups excluding carboxylic acids is 2. The van der Waals surface area contributed by atoms with Crippen LogP contribution in [0.15, 0.2) is 12.1 Å². The van der Waals surface area contributed by atoms with E-state index < -0.39 is 11.9 Å². The van der Waals surface area contributed by atoms with Gasteiger partial charge in [0.15, 0.2) is 5.69 Å². The molecule has 0 saturated carbocycles. The van der Waals surface area contributed by atoms with Crippen molar-refractivity contribution in [1.82, 2.24) is 20.8 Å². The number of amides is 2. The summed E-state index contributed by atoms with van der Waals surface area (Å²) in [5.41, 5.74) is 0.159. The summed E-state index contributed by atoms with van der Waals surface area (Å²) in [7, 11) is 1.47. The Morgan fingerprint density at radius 1 is 1.47 bits per heavy atom. The van der Waals surface area contributed by atoms with Crippen LogP contribution < -0.4 is 15.4 Å². The molecule has 0 spiro atoms. The Morgan fingerprint density at radius 2 is 2.26 bits per heavy atom. The van der Waals surface area contributed by atoms with Gasteiger partial charge in [-0.25, -0.2) is 0 Å². The molecule has 1 aromatic heterocycles. The van der Waals surface area contributed by atoms with Crippen LogP contribution in [-0.4, -0.2) is 41.7 Å². The number of nitrogens with one attached hydrogen (secondary N) is 2. The fraction of sp³-hybridized carbons (Fsp3) is 0.500. The summed E-state index contributed by atoms with van der Waals surface area (Å²) in [5.74, 6) is -0.137. The minimum Gasteiger partial charge on any atom is -0.480 e. The van der Waals surface area contributed by atoms with E-state index in [1.54, 1.807) is 6.07 Å². The monoisotopic (exact) mass is 264 g/mol. The average molecular weight is 264 g/mol. The van der Waals surface area contributed by atoms with E-state index in [0.29, 0.717) is 12.4 Å². The first-order chi connectivity index (χ1) is 9.11. The number of methoxy groups -OCH3 is 1. The lowest BCUT2D eigenvalue weighted by Gasteiger charge is -2.28. The number of hydrogen-bond donors (Lipinski definition) is 2. The van der Waals surface area contributed by atoms with Crippen molar-refractivity contribution >= 4 is 11.8 Å². The smallest absolute Gasteiger partial charge is 0.272 e. The highest BCUT2D eigenvalue weighted by Crippen LogP contribution is 2.13. The molecule has 0 aromatic carbocycles. The molecule has 7 nitrogen and oxygen atoms in total. The number of nitrogens with zero attached hydrogens (tertiary/aromatic N) is 2. The highest BCUT2D eigenvalue weighted by atomic mass is 16.5. The van der Waals surface area contributed by atoms with Gasteiger partial charge in [0.2, 0.25) is 11.8 Å². The van der Waals surface area contributed by atoms with Crippen LogP contribution in [0, 0.1) is 5.92 Å². The molecule has 2 amide bonds. The first-order valence-corrected chi connectivity index (χ1v) is 6.08. The zero-order chi connectivity index (χ0) is 13.8. The van der Waals surface area contributed by atoms with E-state index in [1.807, 2.05) is 6.92 Å². The number of rotatable bonds is 3. The van der Waals surface area contributed by atoms with Crippen LogP contribution in [0.4, 0.5) is 0 Å². The van der Waals surface area contributed by atoms with Gasteiger partial charge in [0.25, 0.3) is 5.91 Å². The summed E-state index contributed by atoms with van der Waals surface area (Å²) in [6.45, 7) is 2.58. The molecule has 0 radical (unpaired) electrons. The molecule has 7 heteroatoms. The van der Waals surface area contributed by atoms with Gasteiger partial charge < -0.3 is 15.4 Å².